The highest BCUT2D eigenvalue weighted by molar-refractivity contribution is 5.85. The summed E-state index contributed by atoms with van der Waals surface area (Å²) in [4.78, 5) is 14.6. The minimum absolute atomic E-state index is 0. The van der Waals surface area contributed by atoms with Crippen molar-refractivity contribution in [3.05, 3.63) is 48.0 Å². The Morgan fingerprint density at radius 3 is 2.81 bits per heavy atom. The van der Waals surface area contributed by atoms with Crippen molar-refractivity contribution in [2.45, 2.75) is 38.6 Å². The van der Waals surface area contributed by atoms with E-state index in [0.717, 1.165) is 32.5 Å². The second kappa shape index (κ2) is 9.74. The molecule has 0 radical (unpaired) electrons. The van der Waals surface area contributed by atoms with Crippen LogP contribution in [0.2, 0.25) is 0 Å². The molecule has 4 nitrogen and oxygen atoms in total. The first-order chi connectivity index (χ1) is 12.2. The van der Waals surface area contributed by atoms with Crippen molar-refractivity contribution >= 4 is 18.3 Å². The standard InChI is InChI=1S/C20H25FN2O2.ClH/c1-2-13-23(15-11-12-22-14-15)20(24)10-8-16-7-9-19(25-16)17-5-3-4-6-18(17)21;/h3-7,9,15,22H,2,8,10-14H2,1H3;1H. The summed E-state index contributed by atoms with van der Waals surface area (Å²) in [5, 5.41) is 3.32. The summed E-state index contributed by atoms with van der Waals surface area (Å²) in [5.74, 6) is 1.08. The van der Waals surface area contributed by atoms with Gasteiger partial charge in [0.15, 0.2) is 0 Å². The zero-order valence-electron chi connectivity index (χ0n) is 15.0. The average Bonchev–Trinajstić information content (AvgIpc) is 3.30. The molecule has 1 aliphatic rings. The Morgan fingerprint density at radius 1 is 1.31 bits per heavy atom. The van der Waals surface area contributed by atoms with Gasteiger partial charge in [-0.05, 0) is 43.7 Å². The Labute approximate surface area is 160 Å². The molecule has 6 heteroatoms. The number of rotatable bonds is 7. The SMILES string of the molecule is CCCN(C(=O)CCc1ccc(-c2ccccc2F)o1)C1CCNC1.Cl. The van der Waals surface area contributed by atoms with E-state index in [9.17, 15) is 9.18 Å². The summed E-state index contributed by atoms with van der Waals surface area (Å²) in [6, 6.07) is 10.4. The van der Waals surface area contributed by atoms with Crippen LogP contribution in [-0.2, 0) is 11.2 Å². The predicted molar refractivity (Wildman–Crippen MR) is 103 cm³/mol. The Balaban J connectivity index is 0.00000243. The Bertz CT molecular complexity index is 713. The van der Waals surface area contributed by atoms with Gasteiger partial charge in [0.05, 0.1) is 5.56 Å². The van der Waals surface area contributed by atoms with Crippen molar-refractivity contribution in [3.63, 3.8) is 0 Å². The van der Waals surface area contributed by atoms with E-state index >= 15 is 0 Å². The van der Waals surface area contributed by atoms with Gasteiger partial charge in [0.2, 0.25) is 5.91 Å². The van der Waals surface area contributed by atoms with Gasteiger partial charge < -0.3 is 14.6 Å². The summed E-state index contributed by atoms with van der Waals surface area (Å²) in [5.41, 5.74) is 0.449. The van der Waals surface area contributed by atoms with Crippen molar-refractivity contribution in [3.8, 4) is 11.3 Å². The quantitative estimate of drug-likeness (QED) is 0.788. The number of carbonyl (C=O) groups excluding carboxylic acids is 1. The normalized spacial score (nSPS) is 16.3. The van der Waals surface area contributed by atoms with Gasteiger partial charge in [-0.25, -0.2) is 4.39 Å². The topological polar surface area (TPSA) is 45.5 Å². The van der Waals surface area contributed by atoms with Gasteiger partial charge in [-0.15, -0.1) is 12.4 Å². The number of hydrogen-bond acceptors (Lipinski definition) is 3. The van der Waals surface area contributed by atoms with Crippen LogP contribution in [0.4, 0.5) is 4.39 Å². The lowest BCUT2D eigenvalue weighted by molar-refractivity contribution is -0.133. The highest BCUT2D eigenvalue weighted by atomic mass is 35.5. The number of aryl methyl sites for hydroxylation is 1. The van der Waals surface area contributed by atoms with E-state index in [2.05, 4.69) is 12.2 Å². The summed E-state index contributed by atoms with van der Waals surface area (Å²) in [6.07, 6.45) is 2.93. The van der Waals surface area contributed by atoms with Crippen molar-refractivity contribution in [2.75, 3.05) is 19.6 Å². The molecular formula is C20H26ClFN2O2. The maximum atomic E-state index is 13.8. The first-order valence-corrected chi connectivity index (χ1v) is 9.03. The van der Waals surface area contributed by atoms with Gasteiger partial charge >= 0.3 is 0 Å². The Hall–Kier alpha value is -1.85. The second-order valence-electron chi connectivity index (χ2n) is 6.48. The molecule has 2 aromatic rings. The van der Waals surface area contributed by atoms with E-state index in [-0.39, 0.29) is 24.1 Å². The maximum absolute atomic E-state index is 13.8. The molecule has 3 rings (SSSR count). The fraction of sp³-hybridized carbons (Fsp3) is 0.450. The monoisotopic (exact) mass is 380 g/mol. The minimum atomic E-state index is -0.303. The molecule has 1 aromatic carbocycles. The predicted octanol–water partition coefficient (Wildman–Crippen LogP) is 4.04. The van der Waals surface area contributed by atoms with Gasteiger partial charge in [-0.1, -0.05) is 19.1 Å². The zero-order valence-corrected chi connectivity index (χ0v) is 15.9. The first-order valence-electron chi connectivity index (χ1n) is 9.03. The third-order valence-electron chi connectivity index (χ3n) is 4.65. The van der Waals surface area contributed by atoms with Crippen LogP contribution in [0.25, 0.3) is 11.3 Å². The van der Waals surface area contributed by atoms with E-state index in [1.807, 2.05) is 11.0 Å². The van der Waals surface area contributed by atoms with Crippen LogP contribution in [0, 0.1) is 5.82 Å². The fourth-order valence-corrected chi connectivity index (χ4v) is 3.35. The lowest BCUT2D eigenvalue weighted by Gasteiger charge is -2.28. The fourth-order valence-electron chi connectivity index (χ4n) is 3.35. The molecule has 142 valence electrons. The van der Waals surface area contributed by atoms with E-state index < -0.39 is 0 Å². The average molecular weight is 381 g/mol. The van der Waals surface area contributed by atoms with Crippen LogP contribution in [0.3, 0.4) is 0 Å². The van der Waals surface area contributed by atoms with Gasteiger partial charge in [0.25, 0.3) is 0 Å². The summed E-state index contributed by atoms with van der Waals surface area (Å²) >= 11 is 0. The van der Waals surface area contributed by atoms with Gasteiger partial charge in [-0.3, -0.25) is 4.79 Å². The van der Waals surface area contributed by atoms with Crippen molar-refractivity contribution in [2.24, 2.45) is 0 Å². The number of furan rings is 1. The van der Waals surface area contributed by atoms with Gasteiger partial charge in [0, 0.05) is 32.0 Å². The molecule has 2 heterocycles. The zero-order chi connectivity index (χ0) is 17.6. The Kier molecular flexibility index (Phi) is 7.66. The molecule has 0 spiro atoms. The molecule has 26 heavy (non-hydrogen) atoms. The third kappa shape index (κ3) is 4.86. The summed E-state index contributed by atoms with van der Waals surface area (Å²) < 4.78 is 19.6. The van der Waals surface area contributed by atoms with E-state index in [4.69, 9.17) is 4.42 Å². The molecule has 1 N–H and O–H groups in total. The van der Waals surface area contributed by atoms with E-state index in [0.29, 0.717) is 36.0 Å². The van der Waals surface area contributed by atoms with Crippen LogP contribution in [0.5, 0.6) is 0 Å². The number of halogens is 2. The van der Waals surface area contributed by atoms with Crippen LogP contribution < -0.4 is 5.32 Å². The molecule has 1 aliphatic heterocycles. The Morgan fingerprint density at radius 2 is 2.12 bits per heavy atom. The summed E-state index contributed by atoms with van der Waals surface area (Å²) in [7, 11) is 0. The number of nitrogens with zero attached hydrogens (tertiary/aromatic N) is 1. The molecule has 1 saturated heterocycles. The van der Waals surface area contributed by atoms with Crippen LogP contribution in [-0.4, -0.2) is 36.5 Å². The number of nitrogens with one attached hydrogen (secondary N) is 1. The highest BCUT2D eigenvalue weighted by Gasteiger charge is 2.25. The first kappa shape index (κ1) is 20.5. The minimum Gasteiger partial charge on any atom is -0.461 e. The maximum Gasteiger partial charge on any atom is 0.223 e. The summed E-state index contributed by atoms with van der Waals surface area (Å²) in [6.45, 7) is 4.74. The number of carbonyl (C=O) groups is 1. The van der Waals surface area contributed by atoms with Crippen LogP contribution in [0.15, 0.2) is 40.8 Å². The van der Waals surface area contributed by atoms with Crippen molar-refractivity contribution in [1.82, 2.24) is 10.2 Å². The molecule has 0 bridgehead atoms. The van der Waals surface area contributed by atoms with Crippen molar-refractivity contribution in [1.29, 1.82) is 0 Å². The lowest BCUT2D eigenvalue weighted by Crippen LogP contribution is -2.42. The largest absolute Gasteiger partial charge is 0.461 e. The lowest BCUT2D eigenvalue weighted by atomic mass is 10.1. The molecule has 1 atom stereocenters. The van der Waals surface area contributed by atoms with Crippen molar-refractivity contribution < 1.29 is 13.6 Å². The molecule has 0 aliphatic carbocycles. The number of benzene rings is 1. The third-order valence-corrected chi connectivity index (χ3v) is 4.65. The molecule has 1 aromatic heterocycles. The van der Waals surface area contributed by atoms with Gasteiger partial charge in [0.1, 0.15) is 17.3 Å². The molecule has 1 amide bonds. The number of hydrogen-bond donors (Lipinski definition) is 1. The smallest absolute Gasteiger partial charge is 0.223 e. The molecule has 0 saturated carbocycles. The van der Waals surface area contributed by atoms with Gasteiger partial charge in [-0.2, -0.15) is 0 Å². The molecule has 1 fully saturated rings. The highest BCUT2D eigenvalue weighted by Crippen LogP contribution is 2.25. The molecule has 1 unspecified atom stereocenters. The van der Waals surface area contributed by atoms with E-state index in [1.165, 1.54) is 6.07 Å². The molecular weight excluding hydrogens is 355 g/mol. The second-order valence-corrected chi connectivity index (χ2v) is 6.48. The van der Waals surface area contributed by atoms with Crippen LogP contribution >= 0.6 is 12.4 Å². The van der Waals surface area contributed by atoms with Crippen LogP contribution in [0.1, 0.15) is 31.9 Å². The van der Waals surface area contributed by atoms with E-state index in [1.54, 1.807) is 24.3 Å². The number of amides is 1.